The molecule has 0 aliphatic rings. The molecule has 0 amide bonds. The molecule has 1 heterocycles. The van der Waals surface area contributed by atoms with Crippen LogP contribution in [0.4, 0.5) is 0 Å². The standard InChI is InChI=1S/C9H9Cl2N5/c1-12-5-9-13-14-15-16(9)8-3-6(10)2-7(11)4-8/h2-4,12H,5H2,1H3. The van der Waals surface area contributed by atoms with E-state index in [1.165, 1.54) is 0 Å². The highest BCUT2D eigenvalue weighted by molar-refractivity contribution is 6.34. The zero-order valence-electron chi connectivity index (χ0n) is 8.48. The molecule has 1 N–H and O–H groups in total. The van der Waals surface area contributed by atoms with E-state index in [9.17, 15) is 0 Å². The molecule has 0 saturated heterocycles. The minimum atomic E-state index is 0.549. The van der Waals surface area contributed by atoms with Crippen LogP contribution in [0.15, 0.2) is 18.2 Å². The van der Waals surface area contributed by atoms with E-state index in [0.717, 1.165) is 5.69 Å². The van der Waals surface area contributed by atoms with Gasteiger partial charge in [0.1, 0.15) is 0 Å². The summed E-state index contributed by atoms with van der Waals surface area (Å²) in [6.45, 7) is 0.567. The summed E-state index contributed by atoms with van der Waals surface area (Å²) in [6.07, 6.45) is 0. The fourth-order valence-corrected chi connectivity index (χ4v) is 1.85. The summed E-state index contributed by atoms with van der Waals surface area (Å²) in [4.78, 5) is 0. The first-order chi connectivity index (χ1) is 7.70. The van der Waals surface area contributed by atoms with Gasteiger partial charge in [0.05, 0.1) is 12.2 Å². The number of hydrogen-bond acceptors (Lipinski definition) is 4. The fraction of sp³-hybridized carbons (Fsp3) is 0.222. The van der Waals surface area contributed by atoms with Gasteiger partial charge in [0.2, 0.25) is 0 Å². The van der Waals surface area contributed by atoms with Crippen molar-refractivity contribution in [2.24, 2.45) is 0 Å². The smallest absolute Gasteiger partial charge is 0.170 e. The quantitative estimate of drug-likeness (QED) is 0.910. The maximum atomic E-state index is 5.91. The van der Waals surface area contributed by atoms with Crippen molar-refractivity contribution in [1.82, 2.24) is 25.5 Å². The third-order valence-corrected chi connectivity index (χ3v) is 2.40. The van der Waals surface area contributed by atoms with Crippen molar-refractivity contribution in [3.8, 4) is 5.69 Å². The maximum absolute atomic E-state index is 5.91. The molecule has 7 heteroatoms. The Morgan fingerprint density at radius 3 is 2.56 bits per heavy atom. The van der Waals surface area contributed by atoms with Gasteiger partial charge in [-0.15, -0.1) is 5.10 Å². The first-order valence-electron chi connectivity index (χ1n) is 4.59. The molecule has 0 spiro atoms. The highest BCUT2D eigenvalue weighted by atomic mass is 35.5. The Bertz CT molecular complexity index is 476. The lowest BCUT2D eigenvalue weighted by Gasteiger charge is -2.05. The first-order valence-corrected chi connectivity index (χ1v) is 5.34. The van der Waals surface area contributed by atoms with Crippen molar-refractivity contribution in [3.63, 3.8) is 0 Å². The van der Waals surface area contributed by atoms with Crippen LogP contribution in [0.2, 0.25) is 10.0 Å². The molecule has 1 aromatic heterocycles. The summed E-state index contributed by atoms with van der Waals surface area (Å²) >= 11 is 11.8. The van der Waals surface area contributed by atoms with Crippen molar-refractivity contribution >= 4 is 23.2 Å². The van der Waals surface area contributed by atoms with Crippen molar-refractivity contribution in [3.05, 3.63) is 34.1 Å². The number of rotatable bonds is 3. The van der Waals surface area contributed by atoms with Gasteiger partial charge in [0.15, 0.2) is 5.82 Å². The zero-order chi connectivity index (χ0) is 11.5. The van der Waals surface area contributed by atoms with Crippen LogP contribution in [0.25, 0.3) is 5.69 Å². The average Bonchev–Trinajstić information content (AvgIpc) is 2.65. The van der Waals surface area contributed by atoms with Gasteiger partial charge in [0.25, 0.3) is 0 Å². The number of tetrazole rings is 1. The molecule has 16 heavy (non-hydrogen) atoms. The first kappa shape index (κ1) is 11.3. The predicted octanol–water partition coefficient (Wildman–Crippen LogP) is 1.69. The van der Waals surface area contributed by atoms with Crippen molar-refractivity contribution in [2.75, 3.05) is 7.05 Å². The van der Waals surface area contributed by atoms with Crippen LogP contribution in [0.3, 0.4) is 0 Å². The minimum Gasteiger partial charge on any atom is -0.313 e. The number of nitrogens with one attached hydrogen (secondary N) is 1. The monoisotopic (exact) mass is 257 g/mol. The third kappa shape index (κ3) is 2.32. The lowest BCUT2D eigenvalue weighted by molar-refractivity contribution is 0.709. The molecule has 0 saturated carbocycles. The van der Waals surface area contributed by atoms with Crippen molar-refractivity contribution < 1.29 is 0 Å². The van der Waals surface area contributed by atoms with Crippen LogP contribution in [0.1, 0.15) is 5.82 Å². The molecular formula is C9H9Cl2N5. The summed E-state index contributed by atoms with van der Waals surface area (Å²) in [6, 6.07) is 5.17. The maximum Gasteiger partial charge on any atom is 0.170 e. The Morgan fingerprint density at radius 2 is 1.94 bits per heavy atom. The molecule has 0 aliphatic carbocycles. The Hall–Kier alpha value is -1.17. The average molecular weight is 258 g/mol. The lowest BCUT2D eigenvalue weighted by atomic mass is 10.3. The number of benzene rings is 1. The van der Waals surface area contributed by atoms with Gasteiger partial charge in [-0.05, 0) is 35.7 Å². The van der Waals surface area contributed by atoms with E-state index in [1.54, 1.807) is 22.9 Å². The Balaban J connectivity index is 2.45. The van der Waals surface area contributed by atoms with Gasteiger partial charge in [0, 0.05) is 10.0 Å². The molecule has 0 radical (unpaired) electrons. The molecule has 0 fully saturated rings. The van der Waals surface area contributed by atoms with E-state index < -0.39 is 0 Å². The molecule has 0 atom stereocenters. The number of aromatic nitrogens is 4. The van der Waals surface area contributed by atoms with E-state index in [2.05, 4.69) is 20.8 Å². The van der Waals surface area contributed by atoms with Gasteiger partial charge in [-0.2, -0.15) is 4.68 Å². The van der Waals surface area contributed by atoms with Crippen LogP contribution in [0.5, 0.6) is 0 Å². The van der Waals surface area contributed by atoms with Crippen molar-refractivity contribution in [1.29, 1.82) is 0 Å². The highest BCUT2D eigenvalue weighted by Gasteiger charge is 2.08. The second kappa shape index (κ2) is 4.78. The largest absolute Gasteiger partial charge is 0.313 e. The molecule has 84 valence electrons. The Morgan fingerprint density at radius 1 is 1.25 bits per heavy atom. The topological polar surface area (TPSA) is 55.6 Å². The van der Waals surface area contributed by atoms with E-state index >= 15 is 0 Å². The van der Waals surface area contributed by atoms with E-state index in [1.807, 2.05) is 7.05 Å². The molecular weight excluding hydrogens is 249 g/mol. The summed E-state index contributed by atoms with van der Waals surface area (Å²) in [5.74, 6) is 0.695. The SMILES string of the molecule is CNCc1nnnn1-c1cc(Cl)cc(Cl)c1. The summed E-state index contributed by atoms with van der Waals surface area (Å²) in [7, 11) is 1.82. The second-order valence-corrected chi connectivity index (χ2v) is 4.04. The summed E-state index contributed by atoms with van der Waals surface area (Å²) in [5.41, 5.74) is 0.743. The van der Waals surface area contributed by atoms with Gasteiger partial charge in [-0.25, -0.2) is 0 Å². The Kier molecular flexibility index (Phi) is 3.38. The summed E-state index contributed by atoms with van der Waals surface area (Å²) < 4.78 is 1.59. The van der Waals surface area contributed by atoms with Gasteiger partial charge < -0.3 is 5.32 Å². The van der Waals surface area contributed by atoms with Gasteiger partial charge >= 0.3 is 0 Å². The second-order valence-electron chi connectivity index (χ2n) is 3.16. The normalized spacial score (nSPS) is 10.7. The van der Waals surface area contributed by atoms with Crippen LogP contribution in [-0.2, 0) is 6.54 Å². The molecule has 5 nitrogen and oxygen atoms in total. The predicted molar refractivity (Wildman–Crippen MR) is 61.9 cm³/mol. The number of hydrogen-bond donors (Lipinski definition) is 1. The molecule has 0 unspecified atom stereocenters. The van der Waals surface area contributed by atoms with E-state index in [4.69, 9.17) is 23.2 Å². The van der Waals surface area contributed by atoms with Crippen LogP contribution >= 0.6 is 23.2 Å². The molecule has 2 aromatic rings. The lowest BCUT2D eigenvalue weighted by Crippen LogP contribution is -2.12. The highest BCUT2D eigenvalue weighted by Crippen LogP contribution is 2.21. The van der Waals surface area contributed by atoms with E-state index in [-0.39, 0.29) is 0 Å². The Labute approximate surface area is 102 Å². The fourth-order valence-electron chi connectivity index (χ4n) is 1.34. The molecule has 0 aliphatic heterocycles. The van der Waals surface area contributed by atoms with Gasteiger partial charge in [-0.1, -0.05) is 23.2 Å². The molecule has 0 bridgehead atoms. The van der Waals surface area contributed by atoms with Crippen LogP contribution in [-0.4, -0.2) is 27.3 Å². The van der Waals surface area contributed by atoms with E-state index in [0.29, 0.717) is 22.4 Å². The van der Waals surface area contributed by atoms with Crippen LogP contribution in [0, 0.1) is 0 Å². The van der Waals surface area contributed by atoms with Crippen molar-refractivity contribution in [2.45, 2.75) is 6.54 Å². The zero-order valence-corrected chi connectivity index (χ0v) is 10.00. The number of halogens is 2. The van der Waals surface area contributed by atoms with Crippen LogP contribution < -0.4 is 5.32 Å². The number of nitrogens with zero attached hydrogens (tertiary/aromatic N) is 4. The molecule has 1 aromatic carbocycles. The molecule has 2 rings (SSSR count). The summed E-state index contributed by atoms with van der Waals surface area (Å²) in [5, 5.41) is 15.5. The van der Waals surface area contributed by atoms with Gasteiger partial charge in [-0.3, -0.25) is 0 Å². The minimum absolute atomic E-state index is 0.549. The third-order valence-electron chi connectivity index (χ3n) is 1.96.